The van der Waals surface area contributed by atoms with Crippen LogP contribution in [0.2, 0.25) is 0 Å². The molecule has 0 bridgehead atoms. The molecule has 2 fully saturated rings. The van der Waals surface area contributed by atoms with E-state index in [0.717, 1.165) is 43.9 Å². The van der Waals surface area contributed by atoms with Gasteiger partial charge in [0.15, 0.2) is 0 Å². The van der Waals surface area contributed by atoms with Crippen molar-refractivity contribution in [1.82, 2.24) is 20.5 Å². The summed E-state index contributed by atoms with van der Waals surface area (Å²) in [6, 6.07) is 8.01. The lowest BCUT2D eigenvalue weighted by atomic mass is 9.81. The highest BCUT2D eigenvalue weighted by Gasteiger charge is 2.37. The number of aliphatic hydroxyl groups excluding tert-OH is 1. The largest absolute Gasteiger partial charge is 0.416 e. The topological polar surface area (TPSA) is 94.6 Å². The molecule has 1 aromatic heterocycles. The molecule has 188 valence electrons. The molecule has 2 aliphatic rings. The van der Waals surface area contributed by atoms with Gasteiger partial charge in [0.1, 0.15) is 0 Å². The first-order valence-corrected chi connectivity index (χ1v) is 11.8. The highest BCUT2D eigenvalue weighted by atomic mass is 19.4. The molecule has 0 unspecified atom stereocenters. The van der Waals surface area contributed by atoms with Crippen molar-refractivity contribution >= 4 is 11.8 Å². The average Bonchev–Trinajstić information content (AvgIpc) is 3.22. The van der Waals surface area contributed by atoms with Crippen molar-refractivity contribution in [3.8, 4) is 0 Å². The number of alkyl halides is 3. The molecular weight excluding hydrogens is 461 g/mol. The maximum Gasteiger partial charge on any atom is 0.416 e. The van der Waals surface area contributed by atoms with Gasteiger partial charge < -0.3 is 15.7 Å². The van der Waals surface area contributed by atoms with Gasteiger partial charge in [-0.3, -0.25) is 19.5 Å². The molecule has 2 aromatic rings. The second kappa shape index (κ2) is 10.7. The van der Waals surface area contributed by atoms with Crippen LogP contribution in [0.5, 0.6) is 0 Å². The molecule has 2 amide bonds. The zero-order chi connectivity index (χ0) is 25.0. The first-order valence-electron chi connectivity index (χ1n) is 11.8. The lowest BCUT2D eigenvalue weighted by Gasteiger charge is -2.34. The Morgan fingerprint density at radius 2 is 1.77 bits per heavy atom. The fourth-order valence-corrected chi connectivity index (χ4v) is 5.02. The maximum atomic E-state index is 12.8. The first kappa shape index (κ1) is 25.1. The Kier molecular flexibility index (Phi) is 7.71. The third-order valence-electron chi connectivity index (χ3n) is 6.92. The van der Waals surface area contributed by atoms with Crippen molar-refractivity contribution in [2.24, 2.45) is 0 Å². The van der Waals surface area contributed by atoms with Crippen molar-refractivity contribution in [1.29, 1.82) is 0 Å². The van der Waals surface area contributed by atoms with Gasteiger partial charge in [0, 0.05) is 37.1 Å². The summed E-state index contributed by atoms with van der Waals surface area (Å²) >= 11 is 0. The van der Waals surface area contributed by atoms with Crippen LogP contribution in [0.1, 0.15) is 53.1 Å². The van der Waals surface area contributed by atoms with E-state index in [-0.39, 0.29) is 5.56 Å². The summed E-state index contributed by atoms with van der Waals surface area (Å²) in [5, 5.41) is 15.6. The Morgan fingerprint density at radius 3 is 2.46 bits per heavy atom. The summed E-state index contributed by atoms with van der Waals surface area (Å²) in [6.45, 7) is 0.584. The first-order chi connectivity index (χ1) is 16.7. The predicted molar refractivity (Wildman–Crippen MR) is 123 cm³/mol. The number of amides is 2. The van der Waals surface area contributed by atoms with Crippen LogP contribution in [0.4, 0.5) is 13.2 Å². The van der Waals surface area contributed by atoms with E-state index in [0.29, 0.717) is 25.0 Å². The fraction of sp³-hybridized carbons (Fsp3) is 0.480. The third kappa shape index (κ3) is 6.37. The molecular formula is C25H29F3N4O3. The number of carbonyl (C=O) groups excluding carboxylic acids is 2. The molecule has 2 heterocycles. The molecule has 3 N–H and O–H groups in total. The number of carbonyl (C=O) groups is 2. The summed E-state index contributed by atoms with van der Waals surface area (Å²) in [6.07, 6.45) is 2.47. The van der Waals surface area contributed by atoms with Crippen LogP contribution >= 0.6 is 0 Å². The van der Waals surface area contributed by atoms with Gasteiger partial charge >= 0.3 is 6.18 Å². The van der Waals surface area contributed by atoms with Crippen LogP contribution in [0.3, 0.4) is 0 Å². The Morgan fingerprint density at radius 1 is 1.06 bits per heavy atom. The van der Waals surface area contributed by atoms with Crippen LogP contribution in [0.15, 0.2) is 48.8 Å². The molecule has 2 atom stereocenters. The van der Waals surface area contributed by atoms with E-state index in [9.17, 15) is 27.9 Å². The van der Waals surface area contributed by atoms with Gasteiger partial charge in [0.2, 0.25) is 5.91 Å². The van der Waals surface area contributed by atoms with Gasteiger partial charge in [0.05, 0.1) is 24.3 Å². The summed E-state index contributed by atoms with van der Waals surface area (Å²) < 4.78 is 38.5. The Hall–Kier alpha value is -2.98. The number of rotatable bonds is 6. The molecule has 1 aliphatic heterocycles. The lowest BCUT2D eigenvalue weighted by Crippen LogP contribution is -2.47. The fourth-order valence-electron chi connectivity index (χ4n) is 5.02. The van der Waals surface area contributed by atoms with Crippen LogP contribution in [-0.4, -0.2) is 64.6 Å². The molecule has 1 aliphatic carbocycles. The molecule has 7 nitrogen and oxygen atoms in total. The van der Waals surface area contributed by atoms with Gasteiger partial charge in [-0.25, -0.2) is 0 Å². The Labute approximate surface area is 201 Å². The van der Waals surface area contributed by atoms with Gasteiger partial charge in [0.25, 0.3) is 5.91 Å². The van der Waals surface area contributed by atoms with Gasteiger partial charge in [-0.15, -0.1) is 0 Å². The summed E-state index contributed by atoms with van der Waals surface area (Å²) in [7, 11) is 0. The lowest BCUT2D eigenvalue weighted by molar-refractivity contribution is -0.137. The molecule has 10 heteroatoms. The standard InChI is InChI=1S/C25H29F3N4O3/c26-25(27,28)19-3-1-2-18(12-19)24(35)30-13-23(34)31-21-14-32(15-22(21)33)20-6-4-16(5-7-20)17-8-10-29-11-9-17/h1-3,8-12,16,20-22,33H,4-7,13-15H2,(H,30,35)(H,31,34)/t16?,20?,21-,22+/m0/s1. The van der Waals surface area contributed by atoms with Crippen LogP contribution < -0.4 is 10.6 Å². The zero-order valence-electron chi connectivity index (χ0n) is 19.2. The second-order valence-electron chi connectivity index (χ2n) is 9.24. The molecule has 4 rings (SSSR count). The van der Waals surface area contributed by atoms with Gasteiger partial charge in [-0.1, -0.05) is 6.07 Å². The van der Waals surface area contributed by atoms with Crippen LogP contribution in [-0.2, 0) is 11.0 Å². The molecule has 1 saturated carbocycles. The van der Waals surface area contributed by atoms with E-state index < -0.39 is 42.2 Å². The molecule has 0 spiro atoms. The van der Waals surface area contributed by atoms with E-state index in [1.165, 1.54) is 11.6 Å². The van der Waals surface area contributed by atoms with E-state index in [1.807, 2.05) is 12.4 Å². The van der Waals surface area contributed by atoms with Crippen molar-refractivity contribution in [3.05, 3.63) is 65.5 Å². The Balaban J connectivity index is 1.23. The normalized spacial score (nSPS) is 25.3. The molecule has 35 heavy (non-hydrogen) atoms. The maximum absolute atomic E-state index is 12.8. The molecule has 1 saturated heterocycles. The minimum Gasteiger partial charge on any atom is -0.390 e. The summed E-state index contributed by atoms with van der Waals surface area (Å²) in [4.78, 5) is 30.8. The van der Waals surface area contributed by atoms with Crippen LogP contribution in [0.25, 0.3) is 0 Å². The number of hydrogen-bond acceptors (Lipinski definition) is 5. The number of aliphatic hydroxyl groups is 1. The minimum absolute atomic E-state index is 0.179. The number of halogens is 3. The van der Waals surface area contributed by atoms with Gasteiger partial charge in [-0.05, 0) is 67.5 Å². The highest BCUT2D eigenvalue weighted by Crippen LogP contribution is 2.35. The van der Waals surface area contributed by atoms with E-state index in [2.05, 4.69) is 32.7 Å². The smallest absolute Gasteiger partial charge is 0.390 e. The zero-order valence-corrected chi connectivity index (χ0v) is 19.2. The van der Waals surface area contributed by atoms with E-state index in [4.69, 9.17) is 0 Å². The van der Waals surface area contributed by atoms with Crippen LogP contribution in [0, 0.1) is 0 Å². The number of hydrogen-bond donors (Lipinski definition) is 3. The van der Waals surface area contributed by atoms with Crippen molar-refractivity contribution in [2.45, 2.75) is 56.0 Å². The SMILES string of the molecule is O=C(CNC(=O)c1cccc(C(F)(F)F)c1)N[C@H]1CN(C2CCC(c3ccncc3)CC2)C[C@H]1O. The third-order valence-corrected chi connectivity index (χ3v) is 6.92. The second-order valence-corrected chi connectivity index (χ2v) is 9.24. The van der Waals surface area contributed by atoms with Crippen molar-refractivity contribution in [3.63, 3.8) is 0 Å². The number of nitrogens with zero attached hydrogens (tertiary/aromatic N) is 2. The number of aromatic nitrogens is 1. The van der Waals surface area contributed by atoms with Crippen molar-refractivity contribution < 1.29 is 27.9 Å². The molecule has 0 radical (unpaired) electrons. The monoisotopic (exact) mass is 490 g/mol. The van der Waals surface area contributed by atoms with Gasteiger partial charge in [-0.2, -0.15) is 13.2 Å². The van der Waals surface area contributed by atoms with E-state index >= 15 is 0 Å². The summed E-state index contributed by atoms with van der Waals surface area (Å²) in [5.74, 6) is -0.763. The minimum atomic E-state index is -4.56. The predicted octanol–water partition coefficient (Wildman–Crippen LogP) is 2.72. The Bertz CT molecular complexity index is 1030. The highest BCUT2D eigenvalue weighted by molar-refractivity contribution is 5.96. The number of β-amino-alcohol motifs (C(OH)–C–C–N with tert-alkyl or cyclic N) is 1. The molecule has 1 aromatic carbocycles. The number of pyridine rings is 1. The number of benzene rings is 1. The average molecular weight is 491 g/mol. The van der Waals surface area contributed by atoms with Crippen molar-refractivity contribution in [2.75, 3.05) is 19.6 Å². The number of likely N-dealkylation sites (tertiary alicyclic amines) is 1. The quantitative estimate of drug-likeness (QED) is 0.579. The number of nitrogens with one attached hydrogen (secondary N) is 2. The van der Waals surface area contributed by atoms with E-state index in [1.54, 1.807) is 0 Å². The summed E-state index contributed by atoms with van der Waals surface area (Å²) in [5.41, 5.74) is 0.192.